The highest BCUT2D eigenvalue weighted by atomic mass is 16.6. The third-order valence-electron chi connectivity index (χ3n) is 2.92. The zero-order valence-electron chi connectivity index (χ0n) is 9.49. The molecule has 0 amide bonds. The van der Waals surface area contributed by atoms with Crippen LogP contribution < -0.4 is 0 Å². The van der Waals surface area contributed by atoms with E-state index in [0.29, 0.717) is 16.4 Å². The number of aromatic carboxylic acids is 1. The van der Waals surface area contributed by atoms with Crippen LogP contribution in [0.3, 0.4) is 0 Å². The van der Waals surface area contributed by atoms with Gasteiger partial charge in [-0.15, -0.1) is 0 Å². The highest BCUT2D eigenvalue weighted by Gasteiger charge is 2.16. The molecule has 0 atom stereocenters. The fraction of sp³-hybridized carbons (Fsp3) is 0. The summed E-state index contributed by atoms with van der Waals surface area (Å²) in [6.07, 6.45) is 0. The second-order valence-corrected chi connectivity index (χ2v) is 4.03. The number of nitrogens with zero attached hydrogens (tertiary/aromatic N) is 1. The molecule has 0 saturated carbocycles. The zero-order valence-corrected chi connectivity index (χ0v) is 9.49. The number of hydrogen-bond donors (Lipinski definition) is 1. The van der Waals surface area contributed by atoms with Crippen LogP contribution in [-0.2, 0) is 0 Å². The van der Waals surface area contributed by atoms with Crippen molar-refractivity contribution in [1.29, 1.82) is 0 Å². The predicted molar refractivity (Wildman–Crippen MR) is 67.3 cm³/mol. The van der Waals surface area contributed by atoms with Gasteiger partial charge in [-0.2, -0.15) is 0 Å². The Balaban J connectivity index is 2.41. The van der Waals surface area contributed by atoms with E-state index in [4.69, 9.17) is 9.52 Å². The molecule has 0 bridgehead atoms. The monoisotopic (exact) mass is 257 g/mol. The third-order valence-corrected chi connectivity index (χ3v) is 2.92. The summed E-state index contributed by atoms with van der Waals surface area (Å²) in [6, 6.07) is 8.99. The first-order valence-corrected chi connectivity index (χ1v) is 5.41. The van der Waals surface area contributed by atoms with Gasteiger partial charge in [0.25, 0.3) is 5.69 Å². The highest BCUT2D eigenvalue weighted by Crippen LogP contribution is 2.32. The molecule has 0 unspecified atom stereocenters. The van der Waals surface area contributed by atoms with E-state index in [9.17, 15) is 14.9 Å². The highest BCUT2D eigenvalue weighted by molar-refractivity contribution is 6.11. The second-order valence-electron chi connectivity index (χ2n) is 4.03. The average molecular weight is 257 g/mol. The Morgan fingerprint density at radius 3 is 2.68 bits per heavy atom. The molecule has 3 rings (SSSR count). The topological polar surface area (TPSA) is 93.6 Å². The number of benzene rings is 2. The predicted octanol–water partition coefficient (Wildman–Crippen LogP) is 3.19. The SMILES string of the molecule is O=C(O)c1cccc2c1oc1cc([N+](=O)[O-])ccc12. The molecule has 0 saturated heterocycles. The number of furan rings is 1. The van der Waals surface area contributed by atoms with E-state index in [1.807, 2.05) is 0 Å². The summed E-state index contributed by atoms with van der Waals surface area (Å²) in [4.78, 5) is 21.3. The van der Waals surface area contributed by atoms with Gasteiger partial charge in [0.15, 0.2) is 0 Å². The van der Waals surface area contributed by atoms with Crippen LogP contribution in [0.2, 0.25) is 0 Å². The van der Waals surface area contributed by atoms with E-state index in [1.54, 1.807) is 18.2 Å². The van der Waals surface area contributed by atoms with Crippen molar-refractivity contribution in [2.45, 2.75) is 0 Å². The number of para-hydroxylation sites is 1. The molecule has 94 valence electrons. The lowest BCUT2D eigenvalue weighted by molar-refractivity contribution is -0.384. The van der Waals surface area contributed by atoms with Crippen LogP contribution in [0.15, 0.2) is 40.8 Å². The van der Waals surface area contributed by atoms with Gasteiger partial charge in [-0.05, 0) is 12.1 Å². The van der Waals surface area contributed by atoms with E-state index in [-0.39, 0.29) is 16.8 Å². The lowest BCUT2D eigenvalue weighted by Gasteiger charge is -1.94. The van der Waals surface area contributed by atoms with Gasteiger partial charge in [-0.25, -0.2) is 4.79 Å². The van der Waals surface area contributed by atoms with Crippen molar-refractivity contribution in [3.8, 4) is 0 Å². The molecule has 0 radical (unpaired) electrons. The standard InChI is InChI=1S/C13H7NO5/c15-13(16)10-3-1-2-9-8-5-4-7(14(17)18)6-11(8)19-12(9)10/h1-6H,(H,15,16). The van der Waals surface area contributed by atoms with Crippen LogP contribution in [0.1, 0.15) is 10.4 Å². The normalized spacial score (nSPS) is 10.9. The van der Waals surface area contributed by atoms with Crippen LogP contribution in [0.5, 0.6) is 0 Å². The van der Waals surface area contributed by atoms with Crippen molar-refractivity contribution < 1.29 is 19.2 Å². The second kappa shape index (κ2) is 3.81. The van der Waals surface area contributed by atoms with Crippen LogP contribution >= 0.6 is 0 Å². The zero-order chi connectivity index (χ0) is 13.6. The minimum Gasteiger partial charge on any atom is -0.478 e. The summed E-state index contributed by atoms with van der Waals surface area (Å²) in [7, 11) is 0. The molecule has 2 aromatic carbocycles. The molecule has 1 aromatic heterocycles. The summed E-state index contributed by atoms with van der Waals surface area (Å²) in [5, 5.41) is 21.1. The van der Waals surface area contributed by atoms with Gasteiger partial charge < -0.3 is 9.52 Å². The molecule has 3 aromatic rings. The summed E-state index contributed by atoms with van der Waals surface area (Å²) >= 11 is 0. The fourth-order valence-corrected chi connectivity index (χ4v) is 2.07. The number of carboxylic acids is 1. The Kier molecular flexibility index (Phi) is 2.25. The molecule has 1 heterocycles. The number of fused-ring (bicyclic) bond motifs is 3. The van der Waals surface area contributed by atoms with Crippen LogP contribution in [0.25, 0.3) is 21.9 Å². The van der Waals surface area contributed by atoms with Crippen molar-refractivity contribution in [3.63, 3.8) is 0 Å². The van der Waals surface area contributed by atoms with Gasteiger partial charge in [0, 0.05) is 16.8 Å². The molecule has 6 heteroatoms. The average Bonchev–Trinajstić information content (AvgIpc) is 2.75. The summed E-state index contributed by atoms with van der Waals surface area (Å²) in [6.45, 7) is 0. The van der Waals surface area contributed by atoms with Gasteiger partial charge in [0.05, 0.1) is 11.0 Å². The lowest BCUT2D eigenvalue weighted by atomic mass is 10.1. The molecular weight excluding hydrogens is 250 g/mol. The molecular formula is C13H7NO5. The molecule has 0 aliphatic carbocycles. The van der Waals surface area contributed by atoms with Gasteiger partial charge in [-0.3, -0.25) is 10.1 Å². The Morgan fingerprint density at radius 2 is 2.00 bits per heavy atom. The van der Waals surface area contributed by atoms with Gasteiger partial charge >= 0.3 is 5.97 Å². The van der Waals surface area contributed by atoms with Gasteiger partial charge in [-0.1, -0.05) is 12.1 Å². The Morgan fingerprint density at radius 1 is 1.21 bits per heavy atom. The summed E-state index contributed by atoms with van der Waals surface area (Å²) < 4.78 is 5.45. The number of carbonyl (C=O) groups is 1. The quantitative estimate of drug-likeness (QED) is 0.562. The Labute approximate surface area is 106 Å². The first kappa shape index (κ1) is 11.2. The maximum Gasteiger partial charge on any atom is 0.339 e. The van der Waals surface area contributed by atoms with Crippen molar-refractivity contribution in [2.75, 3.05) is 0 Å². The molecule has 19 heavy (non-hydrogen) atoms. The van der Waals surface area contributed by atoms with Crippen molar-refractivity contribution in [3.05, 3.63) is 52.1 Å². The molecule has 0 aliphatic rings. The maximum absolute atomic E-state index is 11.1. The minimum absolute atomic E-state index is 0.0383. The Bertz CT molecular complexity index is 834. The number of carboxylic acid groups (broad SMARTS) is 1. The molecule has 0 fully saturated rings. The molecule has 1 N–H and O–H groups in total. The summed E-state index contributed by atoms with van der Waals surface area (Å²) in [5.41, 5.74) is 0.475. The van der Waals surface area contributed by atoms with Crippen LogP contribution in [0.4, 0.5) is 5.69 Å². The largest absolute Gasteiger partial charge is 0.478 e. The van der Waals surface area contributed by atoms with Crippen molar-refractivity contribution in [2.24, 2.45) is 0 Å². The lowest BCUT2D eigenvalue weighted by Crippen LogP contribution is -1.95. The first-order chi connectivity index (χ1) is 9.08. The number of nitro groups is 1. The van der Waals surface area contributed by atoms with E-state index in [2.05, 4.69) is 0 Å². The van der Waals surface area contributed by atoms with Gasteiger partial charge in [0.1, 0.15) is 16.7 Å². The molecule has 0 aliphatic heterocycles. The van der Waals surface area contributed by atoms with Gasteiger partial charge in [0.2, 0.25) is 0 Å². The molecule has 0 spiro atoms. The van der Waals surface area contributed by atoms with Crippen molar-refractivity contribution >= 4 is 33.6 Å². The van der Waals surface area contributed by atoms with Crippen LogP contribution in [-0.4, -0.2) is 16.0 Å². The van der Waals surface area contributed by atoms with E-state index in [0.717, 1.165) is 0 Å². The fourth-order valence-electron chi connectivity index (χ4n) is 2.07. The van der Waals surface area contributed by atoms with E-state index < -0.39 is 10.9 Å². The summed E-state index contributed by atoms with van der Waals surface area (Å²) in [5.74, 6) is -1.10. The number of non-ortho nitro benzene ring substituents is 1. The molecule has 6 nitrogen and oxygen atoms in total. The number of nitro benzene ring substituents is 1. The smallest absolute Gasteiger partial charge is 0.339 e. The number of rotatable bonds is 2. The maximum atomic E-state index is 11.1. The third kappa shape index (κ3) is 1.61. The minimum atomic E-state index is -1.10. The van der Waals surface area contributed by atoms with Crippen LogP contribution in [0, 0.1) is 10.1 Å². The number of hydrogen-bond acceptors (Lipinski definition) is 4. The van der Waals surface area contributed by atoms with E-state index >= 15 is 0 Å². The first-order valence-electron chi connectivity index (χ1n) is 5.41. The van der Waals surface area contributed by atoms with Crippen molar-refractivity contribution in [1.82, 2.24) is 0 Å². The Hall–Kier alpha value is -2.89. The van der Waals surface area contributed by atoms with E-state index in [1.165, 1.54) is 18.2 Å².